The van der Waals surface area contributed by atoms with E-state index in [1.807, 2.05) is 25.1 Å². The molecule has 3 rings (SSSR count). The van der Waals surface area contributed by atoms with Crippen molar-refractivity contribution in [1.82, 2.24) is 4.90 Å². The average molecular weight is 414 g/mol. The minimum absolute atomic E-state index is 0.215. The lowest BCUT2D eigenvalue weighted by atomic mass is 9.97. The zero-order valence-electron chi connectivity index (χ0n) is 15.3. The van der Waals surface area contributed by atoms with Gasteiger partial charge >= 0.3 is 6.36 Å². The number of amides is 1. The van der Waals surface area contributed by atoms with Crippen molar-refractivity contribution < 1.29 is 27.4 Å². The monoisotopic (exact) mass is 413 g/mol. The van der Waals surface area contributed by atoms with Crippen molar-refractivity contribution in [2.24, 2.45) is 0 Å². The van der Waals surface area contributed by atoms with Crippen LogP contribution in [0.15, 0.2) is 42.5 Å². The third-order valence-corrected chi connectivity index (χ3v) is 5.07. The maximum Gasteiger partial charge on any atom is 0.573 e. The fraction of sp³-hybridized carbons (Fsp3) is 0.350. The second-order valence-corrected chi connectivity index (χ2v) is 7.09. The Hall–Kier alpha value is -2.41. The zero-order chi connectivity index (χ0) is 20.5. The quantitative estimate of drug-likeness (QED) is 0.649. The summed E-state index contributed by atoms with van der Waals surface area (Å²) in [6.45, 7) is 2.15. The summed E-state index contributed by atoms with van der Waals surface area (Å²) in [4.78, 5) is 14.3. The second-order valence-electron chi connectivity index (χ2n) is 6.57. The van der Waals surface area contributed by atoms with Gasteiger partial charge in [-0.05, 0) is 42.7 Å². The van der Waals surface area contributed by atoms with Crippen LogP contribution in [0.1, 0.15) is 29.2 Å². The van der Waals surface area contributed by atoms with Gasteiger partial charge in [0.15, 0.2) is 0 Å². The van der Waals surface area contributed by atoms with Crippen LogP contribution in [0.5, 0.6) is 11.5 Å². The van der Waals surface area contributed by atoms with Crippen LogP contribution in [0.3, 0.4) is 0 Å². The summed E-state index contributed by atoms with van der Waals surface area (Å²) in [7, 11) is 1.57. The van der Waals surface area contributed by atoms with Gasteiger partial charge in [-0.15, -0.1) is 24.8 Å². The highest BCUT2D eigenvalue weighted by Crippen LogP contribution is 2.42. The maximum absolute atomic E-state index is 12.6. The third-order valence-electron chi connectivity index (χ3n) is 4.70. The molecular weight excluding hydrogens is 395 g/mol. The predicted molar refractivity (Wildman–Crippen MR) is 98.4 cm³/mol. The molecule has 2 atom stereocenters. The highest BCUT2D eigenvalue weighted by atomic mass is 35.5. The van der Waals surface area contributed by atoms with Gasteiger partial charge in [0.2, 0.25) is 5.91 Å². The third kappa shape index (κ3) is 4.35. The molecule has 0 bridgehead atoms. The summed E-state index contributed by atoms with van der Waals surface area (Å²) in [6, 6.07) is 10.8. The fourth-order valence-corrected chi connectivity index (χ4v) is 3.77. The van der Waals surface area contributed by atoms with Crippen molar-refractivity contribution in [3.8, 4) is 11.5 Å². The molecule has 0 spiro atoms. The lowest BCUT2D eigenvalue weighted by Gasteiger charge is -2.27. The number of hydrogen-bond acceptors (Lipinski definition) is 3. The number of nitrogens with zero attached hydrogens (tertiary/aromatic N) is 1. The number of carbonyl (C=O) groups is 1. The number of benzene rings is 2. The maximum atomic E-state index is 12.6. The first-order chi connectivity index (χ1) is 13.2. The fourth-order valence-electron chi connectivity index (χ4n) is 3.47. The van der Waals surface area contributed by atoms with Gasteiger partial charge in [-0.2, -0.15) is 0 Å². The first kappa shape index (κ1) is 20.3. The number of alkyl halides is 4. The van der Waals surface area contributed by atoms with Crippen LogP contribution in [0.25, 0.3) is 0 Å². The van der Waals surface area contributed by atoms with Gasteiger partial charge in [-0.3, -0.25) is 4.79 Å². The molecule has 0 radical (unpaired) electrons. The Kier molecular flexibility index (Phi) is 5.74. The van der Waals surface area contributed by atoms with E-state index >= 15 is 0 Å². The van der Waals surface area contributed by atoms with Crippen LogP contribution in [0.4, 0.5) is 13.2 Å². The number of aryl methyl sites for hydroxylation is 1. The van der Waals surface area contributed by atoms with Gasteiger partial charge in [0.25, 0.3) is 0 Å². The Morgan fingerprint density at radius 2 is 1.86 bits per heavy atom. The van der Waals surface area contributed by atoms with Gasteiger partial charge in [0, 0.05) is 12.1 Å². The molecule has 0 saturated carbocycles. The summed E-state index contributed by atoms with van der Waals surface area (Å²) in [6.07, 6.45) is -4.32. The van der Waals surface area contributed by atoms with Crippen LogP contribution in [0, 0.1) is 6.92 Å². The van der Waals surface area contributed by atoms with Crippen LogP contribution >= 0.6 is 11.6 Å². The normalized spacial score (nSPS) is 19.8. The Morgan fingerprint density at radius 1 is 1.18 bits per heavy atom. The Labute approximate surface area is 165 Å². The molecule has 4 nitrogen and oxygen atoms in total. The first-order valence-corrected chi connectivity index (χ1v) is 9.06. The van der Waals surface area contributed by atoms with Crippen molar-refractivity contribution in [3.63, 3.8) is 0 Å². The molecule has 2 aromatic carbocycles. The van der Waals surface area contributed by atoms with Crippen molar-refractivity contribution in [2.75, 3.05) is 7.11 Å². The summed E-state index contributed by atoms with van der Waals surface area (Å²) >= 11 is 6.24. The molecule has 0 aliphatic carbocycles. The van der Waals surface area contributed by atoms with E-state index in [1.54, 1.807) is 12.0 Å². The van der Waals surface area contributed by atoms with Gasteiger partial charge in [0.05, 0.1) is 13.2 Å². The van der Waals surface area contributed by atoms with Crippen molar-refractivity contribution >= 4 is 17.5 Å². The Bertz CT molecular complexity index is 855. The SMILES string of the molecule is COc1cccc(C)c1C1CC(Cl)C(=O)N1Cc1ccc(OC(F)(F)F)cc1. The predicted octanol–water partition coefficient (Wildman–Crippen LogP) is 4.98. The molecule has 1 amide bonds. The second kappa shape index (κ2) is 7.91. The lowest BCUT2D eigenvalue weighted by molar-refractivity contribution is -0.274. The van der Waals surface area contributed by atoms with E-state index in [0.29, 0.717) is 17.7 Å². The summed E-state index contributed by atoms with van der Waals surface area (Å²) < 4.78 is 46.3. The molecule has 2 aromatic rings. The van der Waals surface area contributed by atoms with E-state index in [-0.39, 0.29) is 24.2 Å². The van der Waals surface area contributed by atoms with Crippen LogP contribution < -0.4 is 9.47 Å². The molecule has 0 N–H and O–H groups in total. The average Bonchev–Trinajstić information content (AvgIpc) is 2.90. The molecule has 150 valence electrons. The molecule has 1 saturated heterocycles. The number of likely N-dealkylation sites (tertiary alicyclic amines) is 1. The number of rotatable bonds is 5. The highest BCUT2D eigenvalue weighted by Gasteiger charge is 2.41. The van der Waals surface area contributed by atoms with E-state index in [9.17, 15) is 18.0 Å². The molecule has 1 aliphatic rings. The van der Waals surface area contributed by atoms with E-state index in [2.05, 4.69) is 4.74 Å². The molecule has 8 heteroatoms. The van der Waals surface area contributed by atoms with Crippen LogP contribution in [-0.4, -0.2) is 29.7 Å². The molecule has 28 heavy (non-hydrogen) atoms. The van der Waals surface area contributed by atoms with Crippen molar-refractivity contribution in [2.45, 2.75) is 37.7 Å². The summed E-state index contributed by atoms with van der Waals surface area (Å²) in [5.41, 5.74) is 2.53. The minimum Gasteiger partial charge on any atom is -0.496 e. The number of halogens is 4. The topological polar surface area (TPSA) is 38.8 Å². The van der Waals surface area contributed by atoms with Crippen molar-refractivity contribution in [1.29, 1.82) is 0 Å². The van der Waals surface area contributed by atoms with E-state index in [0.717, 1.165) is 11.1 Å². The Morgan fingerprint density at radius 3 is 2.46 bits per heavy atom. The number of ether oxygens (including phenoxy) is 2. The zero-order valence-corrected chi connectivity index (χ0v) is 16.1. The molecule has 1 aliphatic heterocycles. The minimum atomic E-state index is -4.75. The lowest BCUT2D eigenvalue weighted by Crippen LogP contribution is -2.29. The highest BCUT2D eigenvalue weighted by molar-refractivity contribution is 6.31. The standard InChI is InChI=1S/C20H19ClF3NO3/c1-12-4-3-5-17(27-2)18(12)16-10-15(21)19(26)25(16)11-13-6-8-14(9-7-13)28-20(22,23)24/h3-9,15-16H,10-11H2,1-2H3. The van der Waals surface area contributed by atoms with Gasteiger partial charge in [-0.1, -0.05) is 24.3 Å². The molecule has 1 fully saturated rings. The number of hydrogen-bond donors (Lipinski definition) is 0. The Balaban J connectivity index is 1.86. The van der Waals surface area contributed by atoms with Crippen LogP contribution in [-0.2, 0) is 11.3 Å². The van der Waals surface area contributed by atoms with E-state index in [4.69, 9.17) is 16.3 Å². The number of carbonyl (C=O) groups excluding carboxylic acids is 1. The largest absolute Gasteiger partial charge is 0.573 e. The smallest absolute Gasteiger partial charge is 0.496 e. The first-order valence-electron chi connectivity index (χ1n) is 8.62. The summed E-state index contributed by atoms with van der Waals surface area (Å²) in [5, 5.41) is -0.665. The van der Waals surface area contributed by atoms with Gasteiger partial charge < -0.3 is 14.4 Å². The molecule has 0 aromatic heterocycles. The van der Waals surface area contributed by atoms with Gasteiger partial charge in [0.1, 0.15) is 16.9 Å². The number of methoxy groups -OCH3 is 1. The summed E-state index contributed by atoms with van der Waals surface area (Å²) in [5.74, 6) is 0.145. The van der Waals surface area contributed by atoms with Crippen LogP contribution in [0.2, 0.25) is 0 Å². The molecular formula is C20H19ClF3NO3. The van der Waals surface area contributed by atoms with Crippen molar-refractivity contribution in [3.05, 3.63) is 59.2 Å². The van der Waals surface area contributed by atoms with E-state index < -0.39 is 11.7 Å². The van der Waals surface area contributed by atoms with E-state index in [1.165, 1.54) is 24.3 Å². The molecule has 2 unspecified atom stereocenters. The van der Waals surface area contributed by atoms with Gasteiger partial charge in [-0.25, -0.2) is 0 Å². The molecule has 1 heterocycles.